The van der Waals surface area contributed by atoms with Gasteiger partial charge in [0.2, 0.25) is 0 Å². The van der Waals surface area contributed by atoms with Crippen LogP contribution in [0.15, 0.2) is 24.3 Å². The topological polar surface area (TPSA) is 92.1 Å². The Morgan fingerprint density at radius 2 is 2.00 bits per heavy atom. The summed E-state index contributed by atoms with van der Waals surface area (Å²) in [6.45, 7) is 7.03. The summed E-state index contributed by atoms with van der Waals surface area (Å²) >= 11 is 0. The quantitative estimate of drug-likeness (QED) is 0.711. The van der Waals surface area contributed by atoms with Gasteiger partial charge in [-0.25, -0.2) is 9.59 Å². The molecule has 2 heterocycles. The first-order valence-corrected chi connectivity index (χ1v) is 9.87. The van der Waals surface area contributed by atoms with Crippen molar-refractivity contribution >= 4 is 17.9 Å². The van der Waals surface area contributed by atoms with Gasteiger partial charge in [-0.05, 0) is 64.3 Å². The lowest BCUT2D eigenvalue weighted by Crippen LogP contribution is -2.47. The summed E-state index contributed by atoms with van der Waals surface area (Å²) in [7, 11) is 0. The predicted octanol–water partition coefficient (Wildman–Crippen LogP) is 3.65. The zero-order valence-corrected chi connectivity index (χ0v) is 17.1. The molecule has 29 heavy (non-hydrogen) atoms. The van der Waals surface area contributed by atoms with Crippen LogP contribution in [0.3, 0.4) is 0 Å². The maximum Gasteiger partial charge on any atom is 0.510 e. The van der Waals surface area contributed by atoms with Gasteiger partial charge in [-0.2, -0.15) is 5.26 Å². The van der Waals surface area contributed by atoms with Gasteiger partial charge in [0.1, 0.15) is 11.7 Å². The number of rotatable bonds is 4. The molecule has 1 aromatic rings. The summed E-state index contributed by atoms with van der Waals surface area (Å²) in [5.41, 5.74) is 0.615. The lowest BCUT2D eigenvalue weighted by Gasteiger charge is -2.36. The first-order chi connectivity index (χ1) is 13.7. The van der Waals surface area contributed by atoms with E-state index in [0.29, 0.717) is 24.3 Å². The van der Waals surface area contributed by atoms with Crippen LogP contribution >= 0.6 is 0 Å². The molecule has 2 saturated heterocycles. The Kier molecular flexibility index (Phi) is 6.28. The molecule has 0 aliphatic carbocycles. The maximum atomic E-state index is 12.3. The van der Waals surface area contributed by atoms with Gasteiger partial charge in [-0.1, -0.05) is 0 Å². The highest BCUT2D eigenvalue weighted by Crippen LogP contribution is 2.25. The molecule has 8 heteroatoms. The van der Waals surface area contributed by atoms with Crippen LogP contribution in [0.2, 0.25) is 0 Å². The lowest BCUT2D eigenvalue weighted by atomic mass is 10.1. The summed E-state index contributed by atoms with van der Waals surface area (Å²) in [4.78, 5) is 28.0. The van der Waals surface area contributed by atoms with Crippen molar-refractivity contribution in [2.24, 2.45) is 0 Å². The number of likely N-dealkylation sites (tertiary alicyclic amines) is 1. The van der Waals surface area contributed by atoms with Crippen molar-refractivity contribution in [2.45, 2.75) is 58.0 Å². The molecule has 2 fully saturated rings. The summed E-state index contributed by atoms with van der Waals surface area (Å²) in [5, 5.41) is 8.91. The molecule has 3 rings (SSSR count). The van der Waals surface area contributed by atoms with E-state index in [4.69, 9.17) is 19.5 Å². The van der Waals surface area contributed by atoms with E-state index in [1.165, 1.54) is 0 Å². The van der Waals surface area contributed by atoms with Crippen molar-refractivity contribution in [1.82, 2.24) is 4.90 Å². The fourth-order valence-corrected chi connectivity index (χ4v) is 3.49. The van der Waals surface area contributed by atoms with E-state index < -0.39 is 17.8 Å². The van der Waals surface area contributed by atoms with Crippen molar-refractivity contribution in [2.75, 3.05) is 24.5 Å². The van der Waals surface area contributed by atoms with Crippen LogP contribution in [0.1, 0.15) is 45.6 Å². The summed E-state index contributed by atoms with van der Waals surface area (Å²) in [6, 6.07) is 8.87. The number of carbonyl (C=O) groups excluding carboxylic acids is 2. The largest absolute Gasteiger partial charge is 0.510 e. The van der Waals surface area contributed by atoms with Crippen LogP contribution in [0, 0.1) is 11.3 Å². The lowest BCUT2D eigenvalue weighted by molar-refractivity contribution is -0.0922. The Morgan fingerprint density at radius 3 is 2.66 bits per heavy atom. The highest BCUT2D eigenvalue weighted by atomic mass is 16.7. The predicted molar refractivity (Wildman–Crippen MR) is 105 cm³/mol. The monoisotopic (exact) mass is 401 g/mol. The fourth-order valence-electron chi connectivity index (χ4n) is 3.49. The minimum Gasteiger partial charge on any atom is -0.443 e. The number of carbonyl (C=O) groups is 2. The van der Waals surface area contributed by atoms with Crippen LogP contribution < -0.4 is 4.90 Å². The molecule has 1 aromatic carbocycles. The van der Waals surface area contributed by atoms with Crippen molar-refractivity contribution in [3.05, 3.63) is 29.8 Å². The number of benzene rings is 1. The third-order valence-corrected chi connectivity index (χ3v) is 4.80. The molecule has 0 saturated carbocycles. The zero-order valence-electron chi connectivity index (χ0n) is 17.1. The minimum atomic E-state index is -0.683. The normalized spacial score (nSPS) is 22.7. The van der Waals surface area contributed by atoms with Crippen LogP contribution in [0.25, 0.3) is 0 Å². The standard InChI is InChI=1S/C21H27N3O5/c1-21(2,3)29-20(26)28-18-6-4-5-11-23(18)13-17-14-24(19(25)27-17)16-9-7-15(12-22)8-10-16/h7-10,17-18H,4-6,11,13-14H2,1-3H3. The van der Waals surface area contributed by atoms with E-state index in [2.05, 4.69) is 6.07 Å². The Morgan fingerprint density at radius 1 is 1.28 bits per heavy atom. The Hall–Kier alpha value is -2.79. The van der Waals surface area contributed by atoms with Gasteiger partial charge in [0.15, 0.2) is 6.23 Å². The Bertz CT molecular complexity index is 781. The van der Waals surface area contributed by atoms with Crippen molar-refractivity contribution in [3.63, 3.8) is 0 Å². The third kappa shape index (κ3) is 5.61. The SMILES string of the molecule is CC(C)(C)OC(=O)OC1CCCCN1CC1CN(c2ccc(C#N)cc2)C(=O)O1. The van der Waals surface area contributed by atoms with Gasteiger partial charge < -0.3 is 14.2 Å². The van der Waals surface area contributed by atoms with Gasteiger partial charge in [0, 0.05) is 18.8 Å². The number of hydrogen-bond donors (Lipinski definition) is 0. The number of anilines is 1. The highest BCUT2D eigenvalue weighted by Gasteiger charge is 2.36. The summed E-state index contributed by atoms with van der Waals surface area (Å²) in [6.07, 6.45) is 0.861. The number of ether oxygens (including phenoxy) is 3. The smallest absolute Gasteiger partial charge is 0.443 e. The van der Waals surface area contributed by atoms with E-state index in [1.807, 2.05) is 4.90 Å². The average molecular weight is 401 g/mol. The van der Waals surface area contributed by atoms with E-state index in [0.717, 1.165) is 25.8 Å². The highest BCUT2D eigenvalue weighted by molar-refractivity contribution is 5.89. The molecule has 2 aliphatic heterocycles. The summed E-state index contributed by atoms with van der Waals surface area (Å²) < 4.78 is 16.3. The first-order valence-electron chi connectivity index (χ1n) is 9.87. The molecule has 2 aliphatic rings. The number of hydrogen-bond acceptors (Lipinski definition) is 7. The zero-order chi connectivity index (χ0) is 21.0. The fraction of sp³-hybridized carbons (Fsp3) is 0.571. The molecule has 0 spiro atoms. The molecular weight excluding hydrogens is 374 g/mol. The molecule has 1 amide bonds. The average Bonchev–Trinajstić information content (AvgIpc) is 3.02. The third-order valence-electron chi connectivity index (χ3n) is 4.80. The van der Waals surface area contributed by atoms with E-state index in [1.54, 1.807) is 49.9 Å². The Labute approximate surface area is 170 Å². The second-order valence-corrected chi connectivity index (χ2v) is 8.30. The van der Waals surface area contributed by atoms with E-state index in [9.17, 15) is 9.59 Å². The van der Waals surface area contributed by atoms with Gasteiger partial charge in [-0.3, -0.25) is 9.80 Å². The maximum absolute atomic E-state index is 12.3. The molecule has 156 valence electrons. The number of piperidine rings is 1. The van der Waals surface area contributed by atoms with Crippen LogP contribution in [-0.4, -0.2) is 54.7 Å². The first kappa shape index (κ1) is 20.9. The molecule has 2 atom stereocenters. The number of nitrogens with zero attached hydrogens (tertiary/aromatic N) is 3. The molecule has 0 aromatic heterocycles. The van der Waals surface area contributed by atoms with Crippen molar-refractivity contribution in [1.29, 1.82) is 5.26 Å². The molecule has 0 radical (unpaired) electrons. The van der Waals surface area contributed by atoms with Crippen LogP contribution in [0.4, 0.5) is 15.3 Å². The van der Waals surface area contributed by atoms with E-state index >= 15 is 0 Å². The van der Waals surface area contributed by atoms with Gasteiger partial charge >= 0.3 is 12.2 Å². The summed E-state index contributed by atoms with van der Waals surface area (Å²) in [5.74, 6) is 0. The van der Waals surface area contributed by atoms with Gasteiger partial charge in [-0.15, -0.1) is 0 Å². The van der Waals surface area contributed by atoms with Gasteiger partial charge in [0.05, 0.1) is 18.2 Å². The number of amides is 1. The molecule has 8 nitrogen and oxygen atoms in total. The van der Waals surface area contributed by atoms with Crippen molar-refractivity contribution < 1.29 is 23.8 Å². The molecular formula is C21H27N3O5. The van der Waals surface area contributed by atoms with Crippen molar-refractivity contribution in [3.8, 4) is 6.07 Å². The molecule has 2 unspecified atom stereocenters. The second-order valence-electron chi connectivity index (χ2n) is 8.30. The molecule has 0 bridgehead atoms. The van der Waals surface area contributed by atoms with Crippen LogP contribution in [-0.2, 0) is 14.2 Å². The van der Waals surface area contributed by atoms with Crippen LogP contribution in [0.5, 0.6) is 0 Å². The minimum absolute atomic E-state index is 0.332. The number of nitriles is 1. The van der Waals surface area contributed by atoms with E-state index in [-0.39, 0.29) is 12.3 Å². The Balaban J connectivity index is 1.59. The van der Waals surface area contributed by atoms with Gasteiger partial charge in [0.25, 0.3) is 0 Å². The molecule has 0 N–H and O–H groups in total. The second kappa shape index (κ2) is 8.70. The number of cyclic esters (lactones) is 1.